The first-order valence-electron chi connectivity index (χ1n) is 9.13. The van der Waals surface area contributed by atoms with Gasteiger partial charge in [-0.05, 0) is 44.8 Å². The first-order valence-corrected chi connectivity index (χ1v) is 9.13. The first kappa shape index (κ1) is 22.0. The van der Waals surface area contributed by atoms with Crippen LogP contribution in [0, 0.1) is 5.92 Å². The topological polar surface area (TPSA) is 48.9 Å². The lowest BCUT2D eigenvalue weighted by Gasteiger charge is -2.17. The highest BCUT2D eigenvalue weighted by atomic mass is 127. The lowest BCUT2D eigenvalue weighted by molar-refractivity contribution is 0.324. The number of methoxy groups -OCH3 is 1. The molecule has 1 saturated heterocycles. The van der Waals surface area contributed by atoms with E-state index in [2.05, 4.69) is 35.4 Å². The first-order chi connectivity index (χ1) is 11.8. The molecule has 1 heterocycles. The van der Waals surface area contributed by atoms with Gasteiger partial charge in [-0.15, -0.1) is 24.0 Å². The van der Waals surface area contributed by atoms with Crippen molar-refractivity contribution in [1.29, 1.82) is 0 Å². The highest BCUT2D eigenvalue weighted by Crippen LogP contribution is 2.18. The van der Waals surface area contributed by atoms with Crippen molar-refractivity contribution >= 4 is 29.9 Å². The minimum absolute atomic E-state index is 0. The Kier molecular flexibility index (Phi) is 10.9. The molecule has 1 aromatic rings. The quantitative estimate of drug-likeness (QED) is 0.356. The molecule has 0 spiro atoms. The van der Waals surface area contributed by atoms with Gasteiger partial charge in [-0.3, -0.25) is 0 Å². The molecule has 2 rings (SSSR count). The molecule has 5 nitrogen and oxygen atoms in total. The fourth-order valence-electron chi connectivity index (χ4n) is 3.18. The van der Waals surface area contributed by atoms with Crippen LogP contribution in [-0.2, 0) is 6.54 Å². The Morgan fingerprint density at radius 2 is 2.08 bits per heavy atom. The molecule has 0 aromatic heterocycles. The molecule has 0 bridgehead atoms. The second-order valence-electron chi connectivity index (χ2n) is 6.34. The minimum atomic E-state index is 0. The van der Waals surface area contributed by atoms with Crippen molar-refractivity contribution in [3.05, 3.63) is 29.8 Å². The number of hydrogen-bond acceptors (Lipinski definition) is 3. The van der Waals surface area contributed by atoms with E-state index >= 15 is 0 Å². The molecule has 2 N–H and O–H groups in total. The summed E-state index contributed by atoms with van der Waals surface area (Å²) in [6.07, 6.45) is 2.52. The molecule has 1 unspecified atom stereocenters. The third kappa shape index (κ3) is 7.40. The number of guanidine groups is 1. The summed E-state index contributed by atoms with van der Waals surface area (Å²) in [6.45, 7) is 10.5. The van der Waals surface area contributed by atoms with E-state index in [1.807, 2.05) is 18.2 Å². The van der Waals surface area contributed by atoms with Crippen LogP contribution in [0.4, 0.5) is 0 Å². The van der Waals surface area contributed by atoms with Crippen LogP contribution >= 0.6 is 24.0 Å². The second-order valence-corrected chi connectivity index (χ2v) is 6.34. The molecule has 1 aromatic carbocycles. The summed E-state index contributed by atoms with van der Waals surface area (Å²) in [7, 11) is 1.70. The molecular weight excluding hydrogens is 427 g/mol. The van der Waals surface area contributed by atoms with E-state index in [1.165, 1.54) is 32.5 Å². The molecule has 0 saturated carbocycles. The van der Waals surface area contributed by atoms with E-state index in [-0.39, 0.29) is 24.0 Å². The number of halogens is 1. The molecule has 0 aliphatic carbocycles. The summed E-state index contributed by atoms with van der Waals surface area (Å²) in [5, 5.41) is 6.84. The summed E-state index contributed by atoms with van der Waals surface area (Å²) in [5.41, 5.74) is 1.10. The summed E-state index contributed by atoms with van der Waals surface area (Å²) < 4.78 is 5.40. The molecular formula is C19H33IN4O. The van der Waals surface area contributed by atoms with E-state index in [9.17, 15) is 0 Å². The summed E-state index contributed by atoms with van der Waals surface area (Å²) >= 11 is 0. The maximum absolute atomic E-state index is 5.40. The number of para-hydroxylation sites is 1. The standard InChI is InChI=1S/C19H32N4O.HI/c1-4-11-23-12-10-16(15-23)13-21-19(20-5-2)22-14-17-8-6-7-9-18(17)24-3;/h6-9,16H,4-5,10-15H2,1-3H3,(H2,20,21,22);1H. The van der Waals surface area contributed by atoms with Gasteiger partial charge in [0.15, 0.2) is 5.96 Å². The molecule has 1 aliphatic rings. The zero-order valence-corrected chi connectivity index (χ0v) is 18.1. The van der Waals surface area contributed by atoms with Gasteiger partial charge < -0.3 is 20.3 Å². The smallest absolute Gasteiger partial charge is 0.191 e. The van der Waals surface area contributed by atoms with E-state index in [0.29, 0.717) is 12.5 Å². The Bertz CT molecular complexity index is 524. The SMILES string of the molecule is CCCN1CCC(CNC(=NCc2ccccc2OC)NCC)C1.I. The van der Waals surface area contributed by atoms with Crippen LogP contribution in [0.3, 0.4) is 0 Å². The lowest BCUT2D eigenvalue weighted by Crippen LogP contribution is -2.40. The third-order valence-electron chi connectivity index (χ3n) is 4.41. The van der Waals surface area contributed by atoms with Gasteiger partial charge in [-0.25, -0.2) is 4.99 Å². The van der Waals surface area contributed by atoms with Crippen molar-refractivity contribution in [1.82, 2.24) is 15.5 Å². The maximum Gasteiger partial charge on any atom is 0.191 e. The molecule has 0 radical (unpaired) electrons. The average Bonchev–Trinajstić information content (AvgIpc) is 3.05. The Hall–Kier alpha value is -1.02. The van der Waals surface area contributed by atoms with Crippen LogP contribution in [0.1, 0.15) is 32.3 Å². The van der Waals surface area contributed by atoms with Gasteiger partial charge in [0.1, 0.15) is 5.75 Å². The fraction of sp³-hybridized carbons (Fsp3) is 0.632. The normalized spacial score (nSPS) is 17.9. The largest absolute Gasteiger partial charge is 0.496 e. The Morgan fingerprint density at radius 1 is 1.28 bits per heavy atom. The van der Waals surface area contributed by atoms with Gasteiger partial charge >= 0.3 is 0 Å². The second kappa shape index (κ2) is 12.4. The van der Waals surface area contributed by atoms with Crippen molar-refractivity contribution in [2.75, 3.05) is 39.8 Å². The van der Waals surface area contributed by atoms with Crippen LogP contribution in [0.15, 0.2) is 29.3 Å². The van der Waals surface area contributed by atoms with Crippen molar-refractivity contribution in [3.63, 3.8) is 0 Å². The lowest BCUT2D eigenvalue weighted by atomic mass is 10.1. The zero-order valence-electron chi connectivity index (χ0n) is 15.8. The van der Waals surface area contributed by atoms with Gasteiger partial charge in [0.05, 0.1) is 13.7 Å². The van der Waals surface area contributed by atoms with Gasteiger partial charge in [-0.1, -0.05) is 25.1 Å². The fourth-order valence-corrected chi connectivity index (χ4v) is 3.18. The highest BCUT2D eigenvalue weighted by Gasteiger charge is 2.21. The van der Waals surface area contributed by atoms with Crippen LogP contribution in [0.25, 0.3) is 0 Å². The number of ether oxygens (including phenoxy) is 1. The van der Waals surface area contributed by atoms with Gasteiger partial charge in [-0.2, -0.15) is 0 Å². The van der Waals surface area contributed by atoms with Crippen LogP contribution in [0.2, 0.25) is 0 Å². The molecule has 25 heavy (non-hydrogen) atoms. The molecule has 1 atom stereocenters. The summed E-state index contributed by atoms with van der Waals surface area (Å²) in [4.78, 5) is 7.27. The molecule has 1 fully saturated rings. The van der Waals surface area contributed by atoms with Crippen LogP contribution < -0.4 is 15.4 Å². The number of hydrogen-bond donors (Lipinski definition) is 2. The third-order valence-corrected chi connectivity index (χ3v) is 4.41. The number of likely N-dealkylation sites (tertiary alicyclic amines) is 1. The predicted molar refractivity (Wildman–Crippen MR) is 116 cm³/mol. The van der Waals surface area contributed by atoms with Gasteiger partial charge in [0, 0.05) is 25.2 Å². The van der Waals surface area contributed by atoms with E-state index in [0.717, 1.165) is 30.4 Å². The molecule has 1 aliphatic heterocycles. The number of aliphatic imine (C=N–C) groups is 1. The van der Waals surface area contributed by atoms with E-state index in [4.69, 9.17) is 9.73 Å². The Balaban J connectivity index is 0.00000312. The highest BCUT2D eigenvalue weighted by molar-refractivity contribution is 14.0. The molecule has 142 valence electrons. The average molecular weight is 460 g/mol. The summed E-state index contributed by atoms with van der Waals surface area (Å²) in [6, 6.07) is 8.05. The maximum atomic E-state index is 5.40. The molecule has 6 heteroatoms. The van der Waals surface area contributed by atoms with E-state index < -0.39 is 0 Å². The minimum Gasteiger partial charge on any atom is -0.496 e. The van der Waals surface area contributed by atoms with Gasteiger partial charge in [0.25, 0.3) is 0 Å². The van der Waals surface area contributed by atoms with Crippen molar-refractivity contribution in [3.8, 4) is 5.75 Å². The molecule has 0 amide bonds. The zero-order chi connectivity index (χ0) is 17.2. The van der Waals surface area contributed by atoms with Crippen molar-refractivity contribution in [2.24, 2.45) is 10.9 Å². The van der Waals surface area contributed by atoms with Crippen LogP contribution in [0.5, 0.6) is 5.75 Å². The number of benzene rings is 1. The predicted octanol–water partition coefficient (Wildman–Crippen LogP) is 3.10. The van der Waals surface area contributed by atoms with Gasteiger partial charge in [0.2, 0.25) is 0 Å². The van der Waals surface area contributed by atoms with Crippen molar-refractivity contribution in [2.45, 2.75) is 33.2 Å². The van der Waals surface area contributed by atoms with Crippen molar-refractivity contribution < 1.29 is 4.74 Å². The Morgan fingerprint density at radius 3 is 2.80 bits per heavy atom. The van der Waals surface area contributed by atoms with Crippen LogP contribution in [-0.4, -0.2) is 50.7 Å². The Labute approximate surface area is 169 Å². The number of nitrogens with one attached hydrogen (secondary N) is 2. The monoisotopic (exact) mass is 460 g/mol. The number of rotatable bonds is 8. The van der Waals surface area contributed by atoms with E-state index in [1.54, 1.807) is 7.11 Å². The summed E-state index contributed by atoms with van der Waals surface area (Å²) in [5.74, 6) is 2.49. The number of nitrogens with zero attached hydrogens (tertiary/aromatic N) is 2.